The van der Waals surface area contributed by atoms with Crippen LogP contribution < -0.4 is 19.5 Å². The Kier molecular flexibility index (Phi) is 7.53. The van der Waals surface area contributed by atoms with Crippen molar-refractivity contribution in [3.8, 4) is 11.5 Å². The number of rotatable bonds is 10. The number of benzene rings is 2. The number of likely N-dealkylation sites (N-methyl/N-ethyl adjacent to an activating group) is 1. The van der Waals surface area contributed by atoms with Crippen LogP contribution in [0.1, 0.15) is 28.8 Å². The fourth-order valence-corrected chi connectivity index (χ4v) is 4.62. The molecule has 0 radical (unpaired) electrons. The zero-order valence-electron chi connectivity index (χ0n) is 18.6. The summed E-state index contributed by atoms with van der Waals surface area (Å²) in [6.45, 7) is 3.00. The Labute approximate surface area is 193 Å². The molecule has 0 atom stereocenters. The third-order valence-electron chi connectivity index (χ3n) is 5.40. The van der Waals surface area contributed by atoms with Gasteiger partial charge in [0.05, 0.1) is 29.8 Å². The van der Waals surface area contributed by atoms with Gasteiger partial charge in [-0.25, -0.2) is 8.42 Å². The third-order valence-corrected chi connectivity index (χ3v) is 7.06. The molecular formula is C22H28ClN3O5S. The number of sulfonamides is 1. The molecule has 1 amide bonds. The highest BCUT2D eigenvalue weighted by molar-refractivity contribution is 7.92. The first-order valence-electron chi connectivity index (χ1n) is 10.2. The Morgan fingerprint density at radius 1 is 1.16 bits per heavy atom. The summed E-state index contributed by atoms with van der Waals surface area (Å²) in [5.74, 6) is 0.293. The summed E-state index contributed by atoms with van der Waals surface area (Å²) in [6, 6.07) is 7.94. The standard InChI is InChI=1S/C22H28ClN3O5S/c1-14-5-8-16(11-17(14)22(27)24-9-10-26(2)15-6-7-15)32(28,29)25-19-12-18(23)20(30-3)13-21(19)31-4/h5,8,11-13,15,25H,6-7,9-10H2,1-4H3,(H,24,27). The van der Waals surface area contributed by atoms with Crippen molar-refractivity contribution < 1.29 is 22.7 Å². The maximum atomic E-state index is 13.0. The molecule has 0 aromatic heterocycles. The third kappa shape index (κ3) is 5.65. The van der Waals surface area contributed by atoms with E-state index in [1.165, 1.54) is 51.3 Å². The molecule has 32 heavy (non-hydrogen) atoms. The van der Waals surface area contributed by atoms with Gasteiger partial charge in [0, 0.05) is 30.8 Å². The van der Waals surface area contributed by atoms with Crippen molar-refractivity contribution in [3.63, 3.8) is 0 Å². The van der Waals surface area contributed by atoms with Crippen LogP contribution in [-0.4, -0.2) is 59.6 Å². The molecule has 3 rings (SSSR count). The van der Waals surface area contributed by atoms with Gasteiger partial charge in [-0.2, -0.15) is 0 Å². The number of hydrogen-bond acceptors (Lipinski definition) is 6. The van der Waals surface area contributed by atoms with Crippen molar-refractivity contribution in [3.05, 3.63) is 46.5 Å². The second-order valence-electron chi connectivity index (χ2n) is 7.74. The van der Waals surface area contributed by atoms with E-state index in [1.54, 1.807) is 13.0 Å². The molecule has 0 heterocycles. The second-order valence-corrected chi connectivity index (χ2v) is 9.83. The summed E-state index contributed by atoms with van der Waals surface area (Å²) in [5, 5.41) is 3.10. The molecule has 1 aliphatic rings. The van der Waals surface area contributed by atoms with Gasteiger partial charge in [-0.1, -0.05) is 17.7 Å². The van der Waals surface area contributed by atoms with Crippen LogP contribution in [0.5, 0.6) is 11.5 Å². The summed E-state index contributed by atoms with van der Waals surface area (Å²) in [6.07, 6.45) is 2.39. The van der Waals surface area contributed by atoms with Crippen LogP contribution >= 0.6 is 11.6 Å². The van der Waals surface area contributed by atoms with Gasteiger partial charge < -0.3 is 19.7 Å². The summed E-state index contributed by atoms with van der Waals surface area (Å²) >= 11 is 6.14. The molecule has 174 valence electrons. The summed E-state index contributed by atoms with van der Waals surface area (Å²) in [4.78, 5) is 14.9. The molecule has 1 fully saturated rings. The van der Waals surface area contributed by atoms with Crippen LogP contribution in [0, 0.1) is 6.92 Å². The quantitative estimate of drug-likeness (QED) is 0.540. The first-order chi connectivity index (χ1) is 15.2. The van der Waals surface area contributed by atoms with E-state index >= 15 is 0 Å². The SMILES string of the molecule is COc1cc(OC)c(NS(=O)(=O)c2ccc(C)c(C(=O)NCCN(C)C3CC3)c2)cc1Cl. The number of hydrogen-bond donors (Lipinski definition) is 2. The van der Waals surface area contributed by atoms with Gasteiger partial charge in [0.1, 0.15) is 11.5 Å². The van der Waals surface area contributed by atoms with Crippen LogP contribution in [0.3, 0.4) is 0 Å². The number of amides is 1. The summed E-state index contributed by atoms with van der Waals surface area (Å²) < 4.78 is 38.9. The predicted octanol–water partition coefficient (Wildman–Crippen LogP) is 3.29. The fourth-order valence-electron chi connectivity index (χ4n) is 3.30. The lowest BCUT2D eigenvalue weighted by Gasteiger charge is -2.17. The second kappa shape index (κ2) is 9.97. The van der Waals surface area contributed by atoms with E-state index in [4.69, 9.17) is 21.1 Å². The minimum absolute atomic E-state index is 0.0441. The van der Waals surface area contributed by atoms with Crippen molar-refractivity contribution in [2.45, 2.75) is 30.7 Å². The molecule has 0 spiro atoms. The van der Waals surface area contributed by atoms with Gasteiger partial charge in [-0.15, -0.1) is 0 Å². The van der Waals surface area contributed by atoms with E-state index in [2.05, 4.69) is 14.9 Å². The Hall–Kier alpha value is -2.49. The zero-order chi connectivity index (χ0) is 23.5. The molecule has 0 saturated heterocycles. The van der Waals surface area contributed by atoms with Gasteiger partial charge in [0.15, 0.2) is 0 Å². The van der Waals surface area contributed by atoms with E-state index in [1.807, 2.05) is 7.05 Å². The number of carbonyl (C=O) groups is 1. The van der Waals surface area contributed by atoms with Crippen molar-refractivity contribution in [2.75, 3.05) is 39.1 Å². The van der Waals surface area contributed by atoms with Crippen LogP contribution in [0.4, 0.5) is 5.69 Å². The van der Waals surface area contributed by atoms with Crippen molar-refractivity contribution >= 4 is 33.2 Å². The molecule has 2 aromatic carbocycles. The van der Waals surface area contributed by atoms with Crippen molar-refractivity contribution in [1.29, 1.82) is 0 Å². The number of halogens is 1. The largest absolute Gasteiger partial charge is 0.495 e. The first kappa shape index (κ1) is 24.2. The van der Waals surface area contributed by atoms with Gasteiger partial charge >= 0.3 is 0 Å². The van der Waals surface area contributed by atoms with Crippen LogP contribution in [0.2, 0.25) is 5.02 Å². The number of anilines is 1. The lowest BCUT2D eigenvalue weighted by Crippen LogP contribution is -2.34. The maximum absolute atomic E-state index is 13.0. The van der Waals surface area contributed by atoms with E-state index in [0.717, 1.165) is 6.54 Å². The Balaban J connectivity index is 1.78. The minimum Gasteiger partial charge on any atom is -0.495 e. The highest BCUT2D eigenvalue weighted by Crippen LogP contribution is 2.37. The molecule has 1 aliphatic carbocycles. The van der Waals surface area contributed by atoms with E-state index in [9.17, 15) is 13.2 Å². The Bertz CT molecular complexity index is 1100. The molecule has 0 bridgehead atoms. The maximum Gasteiger partial charge on any atom is 0.262 e. The van der Waals surface area contributed by atoms with Crippen LogP contribution in [-0.2, 0) is 10.0 Å². The number of nitrogens with one attached hydrogen (secondary N) is 2. The number of ether oxygens (including phenoxy) is 2. The van der Waals surface area contributed by atoms with E-state index in [-0.39, 0.29) is 27.3 Å². The number of aryl methyl sites for hydroxylation is 1. The molecular weight excluding hydrogens is 454 g/mol. The molecule has 2 N–H and O–H groups in total. The van der Waals surface area contributed by atoms with Crippen molar-refractivity contribution in [1.82, 2.24) is 10.2 Å². The Morgan fingerprint density at radius 2 is 1.84 bits per heavy atom. The number of methoxy groups -OCH3 is 2. The summed E-state index contributed by atoms with van der Waals surface area (Å²) in [5.41, 5.74) is 1.15. The predicted molar refractivity (Wildman–Crippen MR) is 125 cm³/mol. The molecule has 1 saturated carbocycles. The van der Waals surface area contributed by atoms with Crippen LogP contribution in [0.15, 0.2) is 35.2 Å². The smallest absolute Gasteiger partial charge is 0.262 e. The van der Waals surface area contributed by atoms with Gasteiger partial charge in [-0.05, 0) is 50.6 Å². The summed E-state index contributed by atoms with van der Waals surface area (Å²) in [7, 11) is 0.890. The molecule has 0 aliphatic heterocycles. The average Bonchev–Trinajstić information content (AvgIpc) is 3.59. The first-order valence-corrected chi connectivity index (χ1v) is 12.1. The normalized spacial score (nSPS) is 13.7. The number of carbonyl (C=O) groups excluding carboxylic acids is 1. The highest BCUT2D eigenvalue weighted by atomic mass is 35.5. The fraction of sp³-hybridized carbons (Fsp3) is 0.409. The van der Waals surface area contributed by atoms with Gasteiger partial charge in [-0.3, -0.25) is 9.52 Å². The monoisotopic (exact) mass is 481 g/mol. The zero-order valence-corrected chi connectivity index (χ0v) is 20.1. The van der Waals surface area contributed by atoms with Gasteiger partial charge in [0.2, 0.25) is 0 Å². The minimum atomic E-state index is -4.01. The van der Waals surface area contributed by atoms with Crippen molar-refractivity contribution in [2.24, 2.45) is 0 Å². The van der Waals surface area contributed by atoms with Crippen LogP contribution in [0.25, 0.3) is 0 Å². The molecule has 0 unspecified atom stereocenters. The molecule has 10 heteroatoms. The highest BCUT2D eigenvalue weighted by Gasteiger charge is 2.26. The Morgan fingerprint density at radius 3 is 2.47 bits per heavy atom. The molecule has 2 aromatic rings. The molecule has 8 nitrogen and oxygen atoms in total. The lowest BCUT2D eigenvalue weighted by atomic mass is 10.1. The number of nitrogens with zero attached hydrogens (tertiary/aromatic N) is 1. The lowest BCUT2D eigenvalue weighted by molar-refractivity contribution is 0.0948. The van der Waals surface area contributed by atoms with E-state index < -0.39 is 10.0 Å². The topological polar surface area (TPSA) is 97.0 Å². The average molecular weight is 482 g/mol. The van der Waals surface area contributed by atoms with Gasteiger partial charge in [0.25, 0.3) is 15.9 Å². The van der Waals surface area contributed by atoms with E-state index in [0.29, 0.717) is 29.5 Å².